The van der Waals surface area contributed by atoms with Crippen LogP contribution in [0.5, 0.6) is 11.5 Å². The number of nitrogens with one attached hydrogen (secondary N) is 2. The third-order valence-electron chi connectivity index (χ3n) is 3.17. The highest BCUT2D eigenvalue weighted by Crippen LogP contribution is 2.35. The summed E-state index contributed by atoms with van der Waals surface area (Å²) in [7, 11) is 0. The Balaban J connectivity index is 1.91. The van der Waals surface area contributed by atoms with Gasteiger partial charge in [0, 0.05) is 5.56 Å². The lowest BCUT2D eigenvalue weighted by atomic mass is 10.1. The Morgan fingerprint density at radius 1 is 1.10 bits per heavy atom. The number of H-pyrrole nitrogens is 2. The van der Waals surface area contributed by atoms with E-state index in [0.29, 0.717) is 28.2 Å². The molecule has 4 rings (SSSR count). The van der Waals surface area contributed by atoms with Gasteiger partial charge < -0.3 is 14.5 Å². The Hall–Kier alpha value is -2.74. The summed E-state index contributed by atoms with van der Waals surface area (Å²) in [6.07, 6.45) is 0. The van der Waals surface area contributed by atoms with Crippen molar-refractivity contribution in [2.75, 3.05) is 6.79 Å². The first-order valence-electron chi connectivity index (χ1n) is 6.11. The van der Waals surface area contributed by atoms with E-state index in [1.165, 1.54) is 0 Å². The van der Waals surface area contributed by atoms with Crippen LogP contribution in [0.4, 0.5) is 0 Å². The number of nitrogens with zero attached hydrogens (tertiary/aromatic N) is 2. The van der Waals surface area contributed by atoms with Crippen molar-refractivity contribution in [2.45, 2.75) is 0 Å². The molecule has 0 amide bonds. The highest BCUT2D eigenvalue weighted by Gasteiger charge is 2.15. The SMILES string of the molecule is O=c1[nH]c(=S)[nH]c2nnc(-c3ccc4c(c3)OCO4)cc12. The molecule has 1 aliphatic rings. The molecule has 0 bridgehead atoms. The van der Waals surface area contributed by atoms with E-state index in [0.717, 1.165) is 5.56 Å². The van der Waals surface area contributed by atoms with Crippen LogP contribution >= 0.6 is 12.2 Å². The molecule has 7 nitrogen and oxygen atoms in total. The molecular formula is C13H8N4O3S. The highest BCUT2D eigenvalue weighted by atomic mass is 32.1. The van der Waals surface area contributed by atoms with Gasteiger partial charge in [0.1, 0.15) is 0 Å². The molecule has 0 saturated heterocycles. The second kappa shape index (κ2) is 4.38. The van der Waals surface area contributed by atoms with Crippen LogP contribution in [-0.4, -0.2) is 27.0 Å². The molecule has 0 spiro atoms. The van der Waals surface area contributed by atoms with E-state index in [1.807, 2.05) is 6.07 Å². The summed E-state index contributed by atoms with van der Waals surface area (Å²) in [5.74, 6) is 1.34. The van der Waals surface area contributed by atoms with Crippen LogP contribution in [0, 0.1) is 4.77 Å². The molecule has 0 fully saturated rings. The Morgan fingerprint density at radius 3 is 2.86 bits per heavy atom. The zero-order valence-corrected chi connectivity index (χ0v) is 11.4. The summed E-state index contributed by atoms with van der Waals surface area (Å²) in [4.78, 5) is 17.2. The predicted molar refractivity (Wildman–Crippen MR) is 76.9 cm³/mol. The van der Waals surface area contributed by atoms with Crippen molar-refractivity contribution in [2.24, 2.45) is 0 Å². The number of hydrogen-bond donors (Lipinski definition) is 2. The summed E-state index contributed by atoms with van der Waals surface area (Å²) in [5, 5.41) is 8.51. The van der Waals surface area contributed by atoms with Crippen LogP contribution in [0.15, 0.2) is 29.1 Å². The van der Waals surface area contributed by atoms with Gasteiger partial charge in [-0.2, -0.15) is 0 Å². The van der Waals surface area contributed by atoms with Gasteiger partial charge in [-0.3, -0.25) is 9.78 Å². The maximum absolute atomic E-state index is 11.9. The molecule has 1 aliphatic heterocycles. The zero-order valence-electron chi connectivity index (χ0n) is 10.5. The Labute approximate surface area is 122 Å². The van der Waals surface area contributed by atoms with E-state index in [9.17, 15) is 4.79 Å². The Morgan fingerprint density at radius 2 is 1.95 bits per heavy atom. The van der Waals surface area contributed by atoms with Crippen LogP contribution in [0.25, 0.3) is 22.3 Å². The maximum atomic E-state index is 11.9. The molecule has 2 N–H and O–H groups in total. The third kappa shape index (κ3) is 1.96. The van der Waals surface area contributed by atoms with E-state index in [4.69, 9.17) is 21.7 Å². The summed E-state index contributed by atoms with van der Waals surface area (Å²) >= 11 is 4.90. The molecule has 8 heteroatoms. The second-order valence-electron chi connectivity index (χ2n) is 4.47. The lowest BCUT2D eigenvalue weighted by Crippen LogP contribution is -2.09. The van der Waals surface area contributed by atoms with Gasteiger partial charge in [-0.15, -0.1) is 10.2 Å². The molecule has 2 aromatic heterocycles. The molecule has 104 valence electrons. The maximum Gasteiger partial charge on any atom is 0.261 e. The van der Waals surface area contributed by atoms with E-state index in [1.54, 1.807) is 18.2 Å². The summed E-state index contributed by atoms with van der Waals surface area (Å²) in [6, 6.07) is 7.09. The van der Waals surface area contributed by atoms with Crippen molar-refractivity contribution < 1.29 is 9.47 Å². The average Bonchev–Trinajstić information content (AvgIpc) is 2.94. The fourth-order valence-corrected chi connectivity index (χ4v) is 2.35. The van der Waals surface area contributed by atoms with E-state index >= 15 is 0 Å². The molecule has 3 heterocycles. The molecule has 0 atom stereocenters. The number of rotatable bonds is 1. The molecule has 1 aromatic carbocycles. The van der Waals surface area contributed by atoms with Gasteiger partial charge in [0.2, 0.25) is 6.79 Å². The van der Waals surface area contributed by atoms with Crippen LogP contribution in [0.2, 0.25) is 0 Å². The summed E-state index contributed by atoms with van der Waals surface area (Å²) in [6.45, 7) is 0.207. The van der Waals surface area contributed by atoms with Crippen molar-refractivity contribution in [3.8, 4) is 22.8 Å². The van der Waals surface area contributed by atoms with Gasteiger partial charge in [0.15, 0.2) is 21.9 Å². The number of hydrogen-bond acceptors (Lipinski definition) is 6. The molecule has 0 radical (unpaired) electrons. The van der Waals surface area contributed by atoms with E-state index < -0.39 is 0 Å². The minimum Gasteiger partial charge on any atom is -0.454 e. The van der Waals surface area contributed by atoms with Gasteiger partial charge >= 0.3 is 0 Å². The number of aromatic nitrogens is 4. The van der Waals surface area contributed by atoms with E-state index in [2.05, 4.69) is 20.2 Å². The Kier molecular flexibility index (Phi) is 2.51. The molecule has 21 heavy (non-hydrogen) atoms. The summed E-state index contributed by atoms with van der Waals surface area (Å²) in [5.41, 5.74) is 1.41. The first kappa shape index (κ1) is 12.0. The van der Waals surface area contributed by atoms with Crippen LogP contribution in [0.1, 0.15) is 0 Å². The fourth-order valence-electron chi connectivity index (χ4n) is 2.16. The average molecular weight is 300 g/mol. The number of aromatic amines is 2. The first-order chi connectivity index (χ1) is 10.2. The number of ether oxygens (including phenoxy) is 2. The fraction of sp³-hybridized carbons (Fsp3) is 0.0769. The monoisotopic (exact) mass is 300 g/mol. The number of fused-ring (bicyclic) bond motifs is 2. The first-order valence-corrected chi connectivity index (χ1v) is 6.51. The predicted octanol–water partition coefficient (Wildman–Crippen LogP) is 1.77. The minimum atomic E-state index is -0.300. The Bertz CT molecular complexity index is 979. The van der Waals surface area contributed by atoms with Crippen molar-refractivity contribution in [1.29, 1.82) is 0 Å². The standard InChI is InChI=1S/C13H8N4O3S/c18-12-7-4-8(16-17-11(7)14-13(21)15-12)6-1-2-9-10(3-6)20-5-19-9/h1-4H,5H2,(H2,14,15,17,18,21). The molecule has 3 aromatic rings. The van der Waals surface area contributed by atoms with Gasteiger partial charge in [-0.05, 0) is 36.5 Å². The van der Waals surface area contributed by atoms with Crippen molar-refractivity contribution in [3.05, 3.63) is 39.4 Å². The second-order valence-corrected chi connectivity index (χ2v) is 4.88. The third-order valence-corrected chi connectivity index (χ3v) is 3.37. The van der Waals surface area contributed by atoms with Crippen LogP contribution in [0.3, 0.4) is 0 Å². The lowest BCUT2D eigenvalue weighted by molar-refractivity contribution is 0.174. The highest BCUT2D eigenvalue weighted by molar-refractivity contribution is 7.71. The molecule has 0 unspecified atom stereocenters. The quantitative estimate of drug-likeness (QED) is 0.665. The topological polar surface area (TPSA) is 92.9 Å². The van der Waals surface area contributed by atoms with Crippen LogP contribution in [-0.2, 0) is 0 Å². The van der Waals surface area contributed by atoms with Crippen molar-refractivity contribution in [1.82, 2.24) is 20.2 Å². The van der Waals surface area contributed by atoms with Crippen molar-refractivity contribution >= 4 is 23.3 Å². The molecular weight excluding hydrogens is 292 g/mol. The zero-order chi connectivity index (χ0) is 14.4. The number of benzene rings is 1. The summed E-state index contributed by atoms with van der Waals surface area (Å²) < 4.78 is 10.8. The van der Waals surface area contributed by atoms with E-state index in [-0.39, 0.29) is 17.1 Å². The van der Waals surface area contributed by atoms with Gasteiger partial charge in [-0.1, -0.05) is 0 Å². The minimum absolute atomic E-state index is 0.207. The van der Waals surface area contributed by atoms with Crippen LogP contribution < -0.4 is 15.0 Å². The lowest BCUT2D eigenvalue weighted by Gasteiger charge is -2.03. The molecule has 0 saturated carbocycles. The molecule has 0 aliphatic carbocycles. The smallest absolute Gasteiger partial charge is 0.261 e. The largest absolute Gasteiger partial charge is 0.454 e. The van der Waals surface area contributed by atoms with Gasteiger partial charge in [-0.25, -0.2) is 0 Å². The van der Waals surface area contributed by atoms with Gasteiger partial charge in [0.05, 0.1) is 11.1 Å². The van der Waals surface area contributed by atoms with Gasteiger partial charge in [0.25, 0.3) is 5.56 Å². The normalized spacial score (nSPS) is 12.8. The van der Waals surface area contributed by atoms with Crippen molar-refractivity contribution in [3.63, 3.8) is 0 Å².